The molecule has 172 valence electrons. The van der Waals surface area contributed by atoms with E-state index in [1.807, 2.05) is 25.1 Å². The normalized spacial score (nSPS) is 14.5. The van der Waals surface area contributed by atoms with Crippen LogP contribution < -0.4 is 14.8 Å². The quantitative estimate of drug-likeness (QED) is 0.473. The Morgan fingerprint density at radius 2 is 1.61 bits per heavy atom. The van der Waals surface area contributed by atoms with Crippen molar-refractivity contribution < 1.29 is 17.9 Å². The number of nitrogens with one attached hydrogen (secondary N) is 2. The Labute approximate surface area is 195 Å². The summed E-state index contributed by atoms with van der Waals surface area (Å²) in [6.45, 7) is 1.81. The van der Waals surface area contributed by atoms with E-state index in [1.54, 1.807) is 42.5 Å². The van der Waals surface area contributed by atoms with Crippen molar-refractivity contribution in [2.45, 2.75) is 50.0 Å². The molecule has 0 spiro atoms. The maximum atomic E-state index is 13.2. The maximum absolute atomic E-state index is 13.2. The van der Waals surface area contributed by atoms with E-state index in [9.17, 15) is 13.2 Å². The lowest BCUT2D eigenvalue weighted by atomic mass is 9.95. The number of sulfonamides is 1. The van der Waals surface area contributed by atoms with Gasteiger partial charge in [-0.05, 0) is 61.7 Å². The molecule has 0 aliphatic heterocycles. The first-order valence-corrected chi connectivity index (χ1v) is 12.7. The molecule has 1 aliphatic carbocycles. The SMILES string of the molecule is Cc1ccc(S(=O)(=O)Nc2ccccc2Oc2ccccc2)cc1C(=O)NC1CCCCC1. The smallest absolute Gasteiger partial charge is 0.262 e. The van der Waals surface area contributed by atoms with Crippen molar-refractivity contribution >= 4 is 21.6 Å². The average molecular weight is 465 g/mol. The van der Waals surface area contributed by atoms with Crippen molar-refractivity contribution in [2.24, 2.45) is 0 Å². The van der Waals surface area contributed by atoms with Crippen LogP contribution in [0.1, 0.15) is 48.0 Å². The van der Waals surface area contributed by atoms with E-state index >= 15 is 0 Å². The molecule has 4 rings (SSSR count). The molecule has 3 aromatic carbocycles. The zero-order valence-corrected chi connectivity index (χ0v) is 19.4. The third-order valence-electron chi connectivity index (χ3n) is 5.81. The number of para-hydroxylation sites is 3. The third kappa shape index (κ3) is 5.73. The van der Waals surface area contributed by atoms with Crippen LogP contribution in [0.25, 0.3) is 0 Å². The fourth-order valence-electron chi connectivity index (χ4n) is 3.98. The zero-order chi connectivity index (χ0) is 23.3. The molecule has 33 heavy (non-hydrogen) atoms. The van der Waals surface area contributed by atoms with Crippen LogP contribution in [-0.4, -0.2) is 20.4 Å². The molecule has 0 unspecified atom stereocenters. The first kappa shape index (κ1) is 22.9. The average Bonchev–Trinajstić information content (AvgIpc) is 2.81. The summed E-state index contributed by atoms with van der Waals surface area (Å²) in [7, 11) is -3.94. The predicted molar refractivity (Wildman–Crippen MR) is 129 cm³/mol. The molecular formula is C26H28N2O4S. The molecule has 0 heterocycles. The van der Waals surface area contributed by atoms with Crippen LogP contribution in [0.3, 0.4) is 0 Å². The second kappa shape index (κ2) is 10.1. The van der Waals surface area contributed by atoms with E-state index in [0.29, 0.717) is 22.7 Å². The van der Waals surface area contributed by atoms with E-state index in [2.05, 4.69) is 10.0 Å². The van der Waals surface area contributed by atoms with Crippen molar-refractivity contribution in [1.82, 2.24) is 5.32 Å². The first-order valence-electron chi connectivity index (χ1n) is 11.2. The Morgan fingerprint density at radius 1 is 0.909 bits per heavy atom. The Bertz CT molecular complexity index is 1220. The van der Waals surface area contributed by atoms with Crippen molar-refractivity contribution in [3.8, 4) is 11.5 Å². The van der Waals surface area contributed by atoms with Gasteiger partial charge in [0.2, 0.25) is 0 Å². The van der Waals surface area contributed by atoms with Gasteiger partial charge < -0.3 is 10.1 Å². The molecule has 1 amide bonds. The van der Waals surface area contributed by atoms with Crippen LogP contribution in [0, 0.1) is 6.92 Å². The van der Waals surface area contributed by atoms with Crippen molar-refractivity contribution in [3.63, 3.8) is 0 Å². The molecule has 6 nitrogen and oxygen atoms in total. The van der Waals surface area contributed by atoms with E-state index < -0.39 is 10.0 Å². The van der Waals surface area contributed by atoms with E-state index in [-0.39, 0.29) is 16.8 Å². The summed E-state index contributed by atoms with van der Waals surface area (Å²) in [4.78, 5) is 12.9. The highest BCUT2D eigenvalue weighted by molar-refractivity contribution is 7.92. The molecule has 2 N–H and O–H groups in total. The second-order valence-electron chi connectivity index (χ2n) is 8.30. The molecule has 1 aliphatic rings. The molecule has 0 bridgehead atoms. The third-order valence-corrected chi connectivity index (χ3v) is 7.17. The minimum Gasteiger partial charge on any atom is -0.455 e. The largest absolute Gasteiger partial charge is 0.455 e. The number of carbonyl (C=O) groups excluding carboxylic acids is 1. The van der Waals surface area contributed by atoms with E-state index in [1.165, 1.54) is 18.6 Å². The predicted octanol–water partition coefficient (Wildman–Crippen LogP) is 5.65. The summed E-state index contributed by atoms with van der Waals surface area (Å²) in [5, 5.41) is 3.07. The van der Waals surface area contributed by atoms with Gasteiger partial charge in [-0.1, -0.05) is 55.7 Å². The zero-order valence-electron chi connectivity index (χ0n) is 18.6. The lowest BCUT2D eigenvalue weighted by molar-refractivity contribution is 0.0927. The van der Waals surface area contributed by atoms with E-state index in [4.69, 9.17) is 4.74 Å². The van der Waals surface area contributed by atoms with Crippen LogP contribution in [0.2, 0.25) is 0 Å². The van der Waals surface area contributed by atoms with Crippen molar-refractivity contribution in [1.29, 1.82) is 0 Å². The summed E-state index contributed by atoms with van der Waals surface area (Å²) >= 11 is 0. The van der Waals surface area contributed by atoms with Gasteiger partial charge in [0.15, 0.2) is 5.75 Å². The minimum atomic E-state index is -3.94. The fourth-order valence-corrected chi connectivity index (χ4v) is 5.08. The van der Waals surface area contributed by atoms with Crippen LogP contribution in [0.4, 0.5) is 5.69 Å². The lowest BCUT2D eigenvalue weighted by Crippen LogP contribution is -2.36. The van der Waals surface area contributed by atoms with E-state index in [0.717, 1.165) is 31.2 Å². The Morgan fingerprint density at radius 3 is 2.36 bits per heavy atom. The minimum absolute atomic E-state index is 0.0245. The number of hydrogen-bond donors (Lipinski definition) is 2. The van der Waals surface area contributed by atoms with Gasteiger partial charge in [0, 0.05) is 11.6 Å². The first-order chi connectivity index (χ1) is 15.9. The maximum Gasteiger partial charge on any atom is 0.262 e. The number of anilines is 1. The lowest BCUT2D eigenvalue weighted by Gasteiger charge is -2.23. The summed E-state index contributed by atoms with van der Waals surface area (Å²) < 4.78 is 34.8. The molecule has 1 saturated carbocycles. The molecule has 7 heteroatoms. The van der Waals surface area contributed by atoms with Gasteiger partial charge in [0.1, 0.15) is 5.75 Å². The van der Waals surface area contributed by atoms with Crippen LogP contribution in [0.15, 0.2) is 77.7 Å². The standard InChI is InChI=1S/C26H28N2O4S/c1-19-16-17-22(18-23(19)26(29)27-20-10-4-2-5-11-20)33(30,31)28-24-14-8-9-15-25(24)32-21-12-6-3-7-13-21/h3,6-9,12-18,20,28H,2,4-5,10-11H2,1H3,(H,27,29). The van der Waals surface area contributed by atoms with Gasteiger partial charge in [0.05, 0.1) is 10.6 Å². The second-order valence-corrected chi connectivity index (χ2v) is 9.98. The molecule has 0 atom stereocenters. The number of hydrogen-bond acceptors (Lipinski definition) is 4. The molecule has 0 saturated heterocycles. The molecular weight excluding hydrogens is 436 g/mol. The number of ether oxygens (including phenoxy) is 1. The summed E-state index contributed by atoms with van der Waals surface area (Å²) in [6.07, 6.45) is 5.32. The number of benzene rings is 3. The van der Waals surface area contributed by atoms with Crippen LogP contribution in [0.5, 0.6) is 11.5 Å². The summed E-state index contributed by atoms with van der Waals surface area (Å²) in [5.74, 6) is 0.750. The van der Waals surface area contributed by atoms with Crippen LogP contribution >= 0.6 is 0 Å². The van der Waals surface area contributed by atoms with Crippen LogP contribution in [-0.2, 0) is 10.0 Å². The number of carbonyl (C=O) groups is 1. The molecule has 0 aromatic heterocycles. The Balaban J connectivity index is 1.56. The van der Waals surface area contributed by atoms with Crippen molar-refractivity contribution in [2.75, 3.05) is 4.72 Å². The molecule has 3 aromatic rings. The number of amides is 1. The summed E-state index contributed by atoms with van der Waals surface area (Å²) in [6, 6.07) is 20.7. The molecule has 0 radical (unpaired) electrons. The van der Waals surface area contributed by atoms with Gasteiger partial charge in [-0.25, -0.2) is 8.42 Å². The van der Waals surface area contributed by atoms with Gasteiger partial charge in [-0.15, -0.1) is 0 Å². The Kier molecular flexibility index (Phi) is 6.99. The highest BCUT2D eigenvalue weighted by Crippen LogP contribution is 2.31. The van der Waals surface area contributed by atoms with Gasteiger partial charge in [-0.2, -0.15) is 0 Å². The summed E-state index contributed by atoms with van der Waals surface area (Å²) in [5.41, 5.74) is 1.42. The highest BCUT2D eigenvalue weighted by Gasteiger charge is 2.22. The van der Waals surface area contributed by atoms with Crippen molar-refractivity contribution in [3.05, 3.63) is 83.9 Å². The topological polar surface area (TPSA) is 84.5 Å². The van der Waals surface area contributed by atoms with Gasteiger partial charge in [-0.3, -0.25) is 9.52 Å². The monoisotopic (exact) mass is 464 g/mol. The fraction of sp³-hybridized carbons (Fsp3) is 0.269. The Hall–Kier alpha value is -3.32. The van der Waals surface area contributed by atoms with Gasteiger partial charge >= 0.3 is 0 Å². The highest BCUT2D eigenvalue weighted by atomic mass is 32.2. The number of rotatable bonds is 7. The van der Waals surface area contributed by atoms with Gasteiger partial charge in [0.25, 0.3) is 15.9 Å². The number of aryl methyl sites for hydroxylation is 1. The molecule has 1 fully saturated rings.